The molecule has 1 saturated heterocycles. The SMILES string of the molecule is C=CC1=C(C(=O)O)N2C(=O)[C@@H](NC(=O)/C(=C/CC(=O)O)c3csc(N)n3)[C@H]2SC1. The van der Waals surface area contributed by atoms with Gasteiger partial charge in [0.2, 0.25) is 0 Å². The number of thiazole rings is 1. The smallest absolute Gasteiger partial charge is 0.352 e. The van der Waals surface area contributed by atoms with Crippen LogP contribution in [0.15, 0.2) is 35.4 Å². The molecule has 0 aliphatic carbocycles. The summed E-state index contributed by atoms with van der Waals surface area (Å²) in [5.41, 5.74) is 6.05. The first-order valence-electron chi connectivity index (χ1n) is 8.22. The van der Waals surface area contributed by atoms with Crippen molar-refractivity contribution < 1.29 is 29.4 Å². The summed E-state index contributed by atoms with van der Waals surface area (Å²) in [6, 6.07) is -0.947. The maximum Gasteiger partial charge on any atom is 0.352 e. The highest BCUT2D eigenvalue weighted by molar-refractivity contribution is 8.00. The summed E-state index contributed by atoms with van der Waals surface area (Å²) in [4.78, 5) is 52.9. The van der Waals surface area contributed by atoms with E-state index in [1.165, 1.54) is 29.3 Å². The van der Waals surface area contributed by atoms with E-state index in [0.717, 1.165) is 16.2 Å². The molecule has 10 nitrogen and oxygen atoms in total. The lowest BCUT2D eigenvalue weighted by atomic mass is 10.0. The molecule has 0 radical (unpaired) electrons. The Morgan fingerprint density at radius 1 is 1.41 bits per heavy atom. The van der Waals surface area contributed by atoms with Crippen molar-refractivity contribution in [1.29, 1.82) is 0 Å². The minimum atomic E-state index is -1.25. The third kappa shape index (κ3) is 3.89. The normalized spacial score (nSPS) is 21.3. The Hall–Kier alpha value is -3.12. The van der Waals surface area contributed by atoms with Crippen molar-refractivity contribution in [2.24, 2.45) is 0 Å². The number of carbonyl (C=O) groups is 4. The first-order valence-corrected chi connectivity index (χ1v) is 10.1. The molecule has 3 rings (SSSR count). The van der Waals surface area contributed by atoms with Crippen LogP contribution in [0.25, 0.3) is 5.57 Å². The van der Waals surface area contributed by atoms with Gasteiger partial charge in [0.15, 0.2) is 5.13 Å². The number of nitrogens with two attached hydrogens (primary N) is 1. The average molecular weight is 436 g/mol. The van der Waals surface area contributed by atoms with Gasteiger partial charge in [-0.05, 0) is 5.57 Å². The number of carboxylic acids is 2. The fourth-order valence-electron chi connectivity index (χ4n) is 2.93. The predicted octanol–water partition coefficient (Wildman–Crippen LogP) is 0.508. The topological polar surface area (TPSA) is 163 Å². The van der Waals surface area contributed by atoms with Crippen molar-refractivity contribution >= 4 is 57.6 Å². The van der Waals surface area contributed by atoms with Crippen LogP contribution in [0.5, 0.6) is 0 Å². The Morgan fingerprint density at radius 3 is 2.69 bits per heavy atom. The average Bonchev–Trinajstić information content (AvgIpc) is 3.10. The molecule has 0 bridgehead atoms. The fourth-order valence-corrected chi connectivity index (χ4v) is 4.84. The van der Waals surface area contributed by atoms with Crippen LogP contribution in [-0.4, -0.2) is 61.0 Å². The highest BCUT2D eigenvalue weighted by Crippen LogP contribution is 2.40. The number of allylic oxidation sites excluding steroid dienone is 1. The van der Waals surface area contributed by atoms with Crippen LogP contribution < -0.4 is 11.1 Å². The van der Waals surface area contributed by atoms with Crippen LogP contribution in [0.3, 0.4) is 0 Å². The van der Waals surface area contributed by atoms with Gasteiger partial charge in [0.1, 0.15) is 17.1 Å². The molecular weight excluding hydrogens is 420 g/mol. The minimum Gasteiger partial charge on any atom is -0.481 e. The van der Waals surface area contributed by atoms with Crippen LogP contribution in [0.2, 0.25) is 0 Å². The molecule has 0 spiro atoms. The van der Waals surface area contributed by atoms with Gasteiger partial charge in [-0.25, -0.2) is 9.78 Å². The first-order chi connectivity index (χ1) is 13.7. The van der Waals surface area contributed by atoms with Gasteiger partial charge < -0.3 is 21.3 Å². The number of hydrogen-bond donors (Lipinski definition) is 4. The van der Waals surface area contributed by atoms with Crippen LogP contribution >= 0.6 is 23.1 Å². The van der Waals surface area contributed by atoms with Crippen molar-refractivity contribution in [3.05, 3.63) is 41.1 Å². The number of amides is 2. The number of carbonyl (C=O) groups excluding carboxylic acids is 2. The summed E-state index contributed by atoms with van der Waals surface area (Å²) >= 11 is 2.39. The van der Waals surface area contributed by atoms with Crippen LogP contribution in [0.1, 0.15) is 12.1 Å². The Balaban J connectivity index is 1.82. The molecule has 1 aromatic rings. The van der Waals surface area contributed by atoms with Crippen molar-refractivity contribution in [2.75, 3.05) is 11.5 Å². The molecule has 2 atom stereocenters. The zero-order valence-corrected chi connectivity index (χ0v) is 16.5. The number of nitrogens with zero attached hydrogens (tertiary/aromatic N) is 2. The molecule has 1 aromatic heterocycles. The Kier molecular flexibility index (Phi) is 5.75. The molecule has 1 fully saturated rings. The number of thioether (sulfide) groups is 1. The lowest BCUT2D eigenvalue weighted by Crippen LogP contribution is -2.70. The van der Waals surface area contributed by atoms with Gasteiger partial charge in [0.25, 0.3) is 11.8 Å². The number of hydrogen-bond acceptors (Lipinski definition) is 8. The standard InChI is InChI=1S/C17H16N4O6S2/c1-2-7-5-28-15-11(14(25)21(15)12(7)16(26)27)20-13(24)8(3-4-10(22)23)9-6-29-17(18)19-9/h2-3,6,11,15H,1,4-5H2,(H2,18,19)(H,20,24)(H,22,23)(H,26,27)/b8-3+/t11-,15-/m1/s1. The largest absolute Gasteiger partial charge is 0.481 e. The van der Waals surface area contributed by atoms with Crippen molar-refractivity contribution in [1.82, 2.24) is 15.2 Å². The Labute approximate surface area is 172 Å². The van der Waals surface area contributed by atoms with E-state index in [1.807, 2.05) is 0 Å². The number of rotatable bonds is 7. The van der Waals surface area contributed by atoms with Crippen LogP contribution in [0, 0.1) is 0 Å². The zero-order valence-electron chi connectivity index (χ0n) is 14.8. The third-order valence-electron chi connectivity index (χ3n) is 4.26. The molecule has 2 aliphatic heterocycles. The number of nitrogen functional groups attached to an aromatic ring is 1. The summed E-state index contributed by atoms with van der Waals surface area (Å²) in [7, 11) is 0. The van der Waals surface area contributed by atoms with Gasteiger partial charge >= 0.3 is 11.9 Å². The number of fused-ring (bicyclic) bond motifs is 1. The Bertz CT molecular complexity index is 982. The maximum atomic E-state index is 12.8. The number of β-lactam (4-membered cyclic amide) rings is 1. The molecule has 5 N–H and O–H groups in total. The second kappa shape index (κ2) is 8.09. The minimum absolute atomic E-state index is 0.0202. The van der Waals surface area contributed by atoms with Gasteiger partial charge in [-0.1, -0.05) is 18.7 Å². The van der Waals surface area contributed by atoms with E-state index in [9.17, 15) is 24.3 Å². The van der Waals surface area contributed by atoms with Gasteiger partial charge in [0, 0.05) is 11.1 Å². The van der Waals surface area contributed by atoms with E-state index in [4.69, 9.17) is 10.8 Å². The monoisotopic (exact) mass is 436 g/mol. The number of anilines is 1. The van der Waals surface area contributed by atoms with E-state index < -0.39 is 41.6 Å². The van der Waals surface area contributed by atoms with Gasteiger partial charge in [-0.3, -0.25) is 19.3 Å². The number of aliphatic carboxylic acids is 2. The number of nitrogens with one attached hydrogen (secondary N) is 1. The van der Waals surface area contributed by atoms with E-state index >= 15 is 0 Å². The molecular formula is C17H16N4O6S2. The van der Waals surface area contributed by atoms with E-state index in [2.05, 4.69) is 16.9 Å². The Morgan fingerprint density at radius 2 is 2.14 bits per heavy atom. The highest BCUT2D eigenvalue weighted by atomic mass is 32.2. The van der Waals surface area contributed by atoms with Gasteiger partial charge in [0.05, 0.1) is 17.7 Å². The molecule has 0 aromatic carbocycles. The summed E-state index contributed by atoms with van der Waals surface area (Å²) in [5, 5.41) is 22.0. The van der Waals surface area contributed by atoms with E-state index in [1.54, 1.807) is 0 Å². The summed E-state index contributed by atoms with van der Waals surface area (Å²) < 4.78 is 0. The van der Waals surface area contributed by atoms with E-state index in [0.29, 0.717) is 11.3 Å². The summed E-state index contributed by atoms with van der Waals surface area (Å²) in [6.07, 6.45) is 2.17. The van der Waals surface area contributed by atoms with Crippen molar-refractivity contribution in [3.63, 3.8) is 0 Å². The second-order valence-corrected chi connectivity index (χ2v) is 8.03. The van der Waals surface area contributed by atoms with Crippen molar-refractivity contribution in [3.8, 4) is 0 Å². The molecule has 12 heteroatoms. The van der Waals surface area contributed by atoms with E-state index in [-0.39, 0.29) is 22.1 Å². The first kappa shape index (κ1) is 20.6. The lowest BCUT2D eigenvalue weighted by molar-refractivity contribution is -0.150. The summed E-state index contributed by atoms with van der Waals surface area (Å²) in [6.45, 7) is 3.57. The molecule has 0 saturated carbocycles. The molecule has 0 unspecified atom stereocenters. The molecule has 2 amide bonds. The highest BCUT2D eigenvalue weighted by Gasteiger charge is 2.54. The van der Waals surface area contributed by atoms with Crippen molar-refractivity contribution in [2.45, 2.75) is 17.8 Å². The second-order valence-electron chi connectivity index (χ2n) is 6.03. The maximum absolute atomic E-state index is 12.8. The van der Waals surface area contributed by atoms with Gasteiger partial charge in [-0.2, -0.15) is 0 Å². The number of carboxylic acid groups (broad SMARTS) is 2. The molecule has 152 valence electrons. The van der Waals surface area contributed by atoms with Crippen LogP contribution in [0.4, 0.5) is 5.13 Å². The quantitative estimate of drug-likeness (QED) is 0.352. The van der Waals surface area contributed by atoms with Gasteiger partial charge in [-0.15, -0.1) is 23.1 Å². The molecule has 3 heterocycles. The third-order valence-corrected chi connectivity index (χ3v) is 6.23. The molecule has 2 aliphatic rings. The number of aromatic nitrogens is 1. The van der Waals surface area contributed by atoms with Crippen LogP contribution in [-0.2, 0) is 19.2 Å². The predicted molar refractivity (Wildman–Crippen MR) is 107 cm³/mol. The fraction of sp³-hybridized carbons (Fsp3) is 0.235. The lowest BCUT2D eigenvalue weighted by Gasteiger charge is -2.49. The zero-order chi connectivity index (χ0) is 21.3. The molecule has 29 heavy (non-hydrogen) atoms. The summed E-state index contributed by atoms with van der Waals surface area (Å²) in [5.74, 6) is -3.31.